The lowest BCUT2D eigenvalue weighted by molar-refractivity contribution is 0.198. The third-order valence-electron chi connectivity index (χ3n) is 4.96. The molecule has 6 heteroatoms. The molecule has 0 saturated carbocycles. The normalized spacial score (nSPS) is 25.1. The molecule has 5 nitrogen and oxygen atoms in total. The molecule has 0 radical (unpaired) electrons. The third-order valence-corrected chi connectivity index (χ3v) is 5.62. The summed E-state index contributed by atoms with van der Waals surface area (Å²) in [5.74, 6) is 0.772. The standard InChI is InChI=1S/C17H27N3O2S/c21-23(22)17-5-1-4-16(13-17)20-9-2-3-15(6-10-20)14-19-11-7-18-8-12-19/h1,4-5,13,15,18H,2-3,6-12,14H2,(H,21,22). The van der Waals surface area contributed by atoms with Crippen LogP contribution in [0.25, 0.3) is 0 Å². The average molecular weight is 337 g/mol. The number of nitrogens with zero attached hydrogens (tertiary/aromatic N) is 2. The van der Waals surface area contributed by atoms with E-state index in [-0.39, 0.29) is 0 Å². The minimum absolute atomic E-state index is 0.490. The maximum absolute atomic E-state index is 11.3. The number of nitrogens with one attached hydrogen (secondary N) is 1. The van der Waals surface area contributed by atoms with E-state index in [0.717, 1.165) is 37.8 Å². The van der Waals surface area contributed by atoms with Crippen molar-refractivity contribution in [3.8, 4) is 0 Å². The van der Waals surface area contributed by atoms with Crippen molar-refractivity contribution in [1.29, 1.82) is 0 Å². The number of benzene rings is 1. The molecule has 128 valence electrons. The number of anilines is 1. The van der Waals surface area contributed by atoms with Gasteiger partial charge in [0.15, 0.2) is 11.1 Å². The van der Waals surface area contributed by atoms with Gasteiger partial charge in [0.05, 0.1) is 4.90 Å². The Bertz CT molecular complexity index is 534. The molecule has 2 aliphatic rings. The van der Waals surface area contributed by atoms with Gasteiger partial charge in [-0.1, -0.05) is 6.07 Å². The van der Waals surface area contributed by atoms with E-state index in [2.05, 4.69) is 15.1 Å². The van der Waals surface area contributed by atoms with Crippen LogP contribution in [-0.2, 0) is 11.1 Å². The topological polar surface area (TPSA) is 55.8 Å². The Kier molecular flexibility index (Phi) is 6.05. The van der Waals surface area contributed by atoms with Gasteiger partial charge in [-0.2, -0.15) is 0 Å². The van der Waals surface area contributed by atoms with Crippen LogP contribution in [0, 0.1) is 5.92 Å². The Morgan fingerprint density at radius 2 is 2.00 bits per heavy atom. The summed E-state index contributed by atoms with van der Waals surface area (Å²) in [7, 11) is 0. The van der Waals surface area contributed by atoms with E-state index in [1.54, 1.807) is 6.07 Å². The molecule has 2 unspecified atom stereocenters. The van der Waals surface area contributed by atoms with Gasteiger partial charge in [-0.05, 0) is 43.4 Å². The van der Waals surface area contributed by atoms with E-state index in [0.29, 0.717) is 4.90 Å². The lowest BCUT2D eigenvalue weighted by Gasteiger charge is -2.30. The summed E-state index contributed by atoms with van der Waals surface area (Å²) in [4.78, 5) is 5.45. The van der Waals surface area contributed by atoms with Crippen LogP contribution >= 0.6 is 0 Å². The van der Waals surface area contributed by atoms with Crippen molar-refractivity contribution in [2.75, 3.05) is 50.7 Å². The van der Waals surface area contributed by atoms with Crippen LogP contribution in [0.5, 0.6) is 0 Å². The van der Waals surface area contributed by atoms with Crippen LogP contribution in [0.3, 0.4) is 0 Å². The Morgan fingerprint density at radius 3 is 2.78 bits per heavy atom. The molecule has 2 heterocycles. The fourth-order valence-corrected chi connectivity index (χ4v) is 4.07. The van der Waals surface area contributed by atoms with E-state index >= 15 is 0 Å². The Labute approximate surface area is 141 Å². The van der Waals surface area contributed by atoms with Gasteiger partial charge in [-0.25, -0.2) is 4.21 Å². The second-order valence-electron chi connectivity index (χ2n) is 6.58. The van der Waals surface area contributed by atoms with Gasteiger partial charge < -0.3 is 19.7 Å². The largest absolute Gasteiger partial charge is 0.371 e. The molecule has 23 heavy (non-hydrogen) atoms. The predicted molar refractivity (Wildman–Crippen MR) is 94.3 cm³/mol. The fourth-order valence-electron chi connectivity index (χ4n) is 3.65. The fraction of sp³-hybridized carbons (Fsp3) is 0.647. The summed E-state index contributed by atoms with van der Waals surface area (Å²) in [6.07, 6.45) is 3.69. The highest BCUT2D eigenvalue weighted by Crippen LogP contribution is 2.25. The van der Waals surface area contributed by atoms with Gasteiger partial charge in [-0.3, -0.25) is 0 Å². The van der Waals surface area contributed by atoms with Crippen LogP contribution in [0.1, 0.15) is 19.3 Å². The smallest absolute Gasteiger partial charge is 0.186 e. The highest BCUT2D eigenvalue weighted by Gasteiger charge is 2.21. The van der Waals surface area contributed by atoms with E-state index in [4.69, 9.17) is 0 Å². The number of hydrogen-bond acceptors (Lipinski definition) is 4. The number of rotatable bonds is 4. The van der Waals surface area contributed by atoms with Crippen molar-refractivity contribution in [2.24, 2.45) is 5.92 Å². The third kappa shape index (κ3) is 4.76. The summed E-state index contributed by atoms with van der Waals surface area (Å²) in [6, 6.07) is 7.49. The summed E-state index contributed by atoms with van der Waals surface area (Å²) in [6.45, 7) is 7.87. The SMILES string of the molecule is O=S(O)c1cccc(N2CCCC(CN3CCNCC3)CC2)c1. The average Bonchev–Trinajstić information content (AvgIpc) is 2.81. The lowest BCUT2D eigenvalue weighted by Crippen LogP contribution is -2.45. The molecular weight excluding hydrogens is 310 g/mol. The second-order valence-corrected chi connectivity index (χ2v) is 7.55. The zero-order chi connectivity index (χ0) is 16.1. The monoisotopic (exact) mass is 337 g/mol. The molecule has 0 amide bonds. The minimum Gasteiger partial charge on any atom is -0.371 e. The van der Waals surface area contributed by atoms with E-state index in [9.17, 15) is 8.76 Å². The van der Waals surface area contributed by atoms with Crippen molar-refractivity contribution >= 4 is 16.8 Å². The quantitative estimate of drug-likeness (QED) is 0.820. The Hall–Kier alpha value is -0.950. The molecule has 1 aromatic rings. The number of piperazine rings is 1. The van der Waals surface area contributed by atoms with Crippen LogP contribution in [0.4, 0.5) is 5.69 Å². The maximum Gasteiger partial charge on any atom is 0.186 e. The molecule has 1 aromatic carbocycles. The first-order valence-corrected chi connectivity index (χ1v) is 9.72. The van der Waals surface area contributed by atoms with Crippen molar-refractivity contribution in [3.05, 3.63) is 24.3 Å². The molecule has 2 saturated heterocycles. The van der Waals surface area contributed by atoms with Gasteiger partial charge in [0.25, 0.3) is 0 Å². The van der Waals surface area contributed by atoms with E-state index in [1.165, 1.54) is 38.9 Å². The summed E-state index contributed by atoms with van der Waals surface area (Å²) in [5.41, 5.74) is 1.08. The Balaban J connectivity index is 1.57. The van der Waals surface area contributed by atoms with Crippen LogP contribution in [0.15, 0.2) is 29.2 Å². The highest BCUT2D eigenvalue weighted by molar-refractivity contribution is 7.79. The molecule has 0 bridgehead atoms. The van der Waals surface area contributed by atoms with Crippen molar-refractivity contribution in [3.63, 3.8) is 0 Å². The molecular formula is C17H27N3O2S. The maximum atomic E-state index is 11.3. The Morgan fingerprint density at radius 1 is 1.17 bits per heavy atom. The van der Waals surface area contributed by atoms with E-state index in [1.807, 2.05) is 18.2 Å². The van der Waals surface area contributed by atoms with E-state index < -0.39 is 11.1 Å². The van der Waals surface area contributed by atoms with Crippen molar-refractivity contribution < 1.29 is 8.76 Å². The molecule has 2 aliphatic heterocycles. The zero-order valence-electron chi connectivity index (χ0n) is 13.6. The summed E-state index contributed by atoms with van der Waals surface area (Å²) in [5, 5.41) is 3.41. The van der Waals surface area contributed by atoms with Gasteiger partial charge in [0.1, 0.15) is 0 Å². The van der Waals surface area contributed by atoms with Crippen molar-refractivity contribution in [1.82, 2.24) is 10.2 Å². The summed E-state index contributed by atoms with van der Waals surface area (Å²) < 4.78 is 20.5. The lowest BCUT2D eigenvalue weighted by atomic mass is 10.00. The van der Waals surface area contributed by atoms with Crippen LogP contribution < -0.4 is 10.2 Å². The highest BCUT2D eigenvalue weighted by atomic mass is 32.2. The molecule has 3 rings (SSSR count). The van der Waals surface area contributed by atoms with Crippen LogP contribution in [-0.4, -0.2) is 59.5 Å². The molecule has 2 atom stereocenters. The van der Waals surface area contributed by atoms with Gasteiger partial charge >= 0.3 is 0 Å². The first kappa shape index (κ1) is 16.9. The second kappa shape index (κ2) is 8.24. The molecule has 2 N–H and O–H groups in total. The van der Waals surface area contributed by atoms with Gasteiger partial charge in [0, 0.05) is 51.5 Å². The molecule has 0 spiro atoms. The summed E-state index contributed by atoms with van der Waals surface area (Å²) >= 11 is -1.90. The van der Waals surface area contributed by atoms with Gasteiger partial charge in [-0.15, -0.1) is 0 Å². The molecule has 0 aromatic heterocycles. The predicted octanol–water partition coefficient (Wildman–Crippen LogP) is 1.78. The molecule has 2 fully saturated rings. The van der Waals surface area contributed by atoms with Crippen LogP contribution in [0.2, 0.25) is 0 Å². The zero-order valence-corrected chi connectivity index (χ0v) is 14.4. The molecule has 0 aliphatic carbocycles. The van der Waals surface area contributed by atoms with Gasteiger partial charge in [0.2, 0.25) is 0 Å². The van der Waals surface area contributed by atoms with Crippen molar-refractivity contribution in [2.45, 2.75) is 24.2 Å². The first-order valence-electron chi connectivity index (χ1n) is 8.61. The minimum atomic E-state index is -1.90. The first-order chi connectivity index (χ1) is 11.2. The number of hydrogen-bond donors (Lipinski definition) is 2.